The molecule has 0 aliphatic heterocycles. The van der Waals surface area contributed by atoms with E-state index in [1.807, 2.05) is 6.92 Å². The predicted octanol–water partition coefficient (Wildman–Crippen LogP) is 3.27. The molecule has 4 nitrogen and oxygen atoms in total. The molecule has 4 heteroatoms. The standard InChI is InChI=1S/C17H25N3O/c1-13(18-11-10-16-19-14(2)21-20-16)12-17(3,4)15-8-6-5-7-9-15/h5-9,13,18H,10-12H2,1-4H3. The molecule has 0 saturated heterocycles. The molecular formula is C17H25N3O. The van der Waals surface area contributed by atoms with Crippen molar-refractivity contribution in [2.24, 2.45) is 0 Å². The van der Waals surface area contributed by atoms with E-state index in [-0.39, 0.29) is 5.41 Å². The molecule has 1 atom stereocenters. The van der Waals surface area contributed by atoms with Gasteiger partial charge in [-0.25, -0.2) is 0 Å². The molecule has 1 heterocycles. The van der Waals surface area contributed by atoms with Crippen molar-refractivity contribution < 1.29 is 4.52 Å². The first-order chi connectivity index (χ1) is 9.97. The lowest BCUT2D eigenvalue weighted by molar-refractivity contribution is 0.379. The summed E-state index contributed by atoms with van der Waals surface area (Å²) in [6.45, 7) is 9.50. The van der Waals surface area contributed by atoms with Crippen molar-refractivity contribution in [3.8, 4) is 0 Å². The molecule has 0 aliphatic carbocycles. The number of benzene rings is 1. The van der Waals surface area contributed by atoms with Gasteiger partial charge in [-0.1, -0.05) is 49.3 Å². The van der Waals surface area contributed by atoms with Crippen molar-refractivity contribution in [3.63, 3.8) is 0 Å². The van der Waals surface area contributed by atoms with Crippen LogP contribution in [-0.4, -0.2) is 22.7 Å². The van der Waals surface area contributed by atoms with Crippen molar-refractivity contribution in [1.29, 1.82) is 0 Å². The van der Waals surface area contributed by atoms with Crippen LogP contribution in [0.15, 0.2) is 34.9 Å². The highest BCUT2D eigenvalue weighted by Crippen LogP contribution is 2.27. The van der Waals surface area contributed by atoms with E-state index in [9.17, 15) is 0 Å². The van der Waals surface area contributed by atoms with Gasteiger partial charge in [0.2, 0.25) is 5.89 Å². The Hall–Kier alpha value is -1.68. The molecule has 1 aromatic heterocycles. The van der Waals surface area contributed by atoms with E-state index in [1.165, 1.54) is 5.56 Å². The van der Waals surface area contributed by atoms with Crippen LogP contribution >= 0.6 is 0 Å². The number of nitrogens with zero attached hydrogens (tertiary/aromatic N) is 2. The van der Waals surface area contributed by atoms with Crippen LogP contribution in [-0.2, 0) is 11.8 Å². The van der Waals surface area contributed by atoms with Crippen LogP contribution in [0.4, 0.5) is 0 Å². The van der Waals surface area contributed by atoms with Gasteiger partial charge < -0.3 is 9.84 Å². The third-order valence-corrected chi connectivity index (χ3v) is 3.78. The minimum Gasteiger partial charge on any atom is -0.340 e. The molecule has 0 fully saturated rings. The first-order valence-electron chi connectivity index (χ1n) is 7.55. The largest absolute Gasteiger partial charge is 0.340 e. The third-order valence-electron chi connectivity index (χ3n) is 3.78. The molecule has 21 heavy (non-hydrogen) atoms. The zero-order valence-electron chi connectivity index (χ0n) is 13.4. The van der Waals surface area contributed by atoms with Crippen molar-refractivity contribution in [2.45, 2.75) is 52.0 Å². The van der Waals surface area contributed by atoms with Gasteiger partial charge in [-0.3, -0.25) is 0 Å². The maximum atomic E-state index is 4.97. The highest BCUT2D eigenvalue weighted by Gasteiger charge is 2.22. The molecule has 0 amide bonds. The quantitative estimate of drug-likeness (QED) is 0.849. The lowest BCUT2D eigenvalue weighted by Gasteiger charge is -2.29. The summed E-state index contributed by atoms with van der Waals surface area (Å²) in [7, 11) is 0. The number of hydrogen-bond donors (Lipinski definition) is 1. The van der Waals surface area contributed by atoms with Crippen LogP contribution < -0.4 is 5.32 Å². The highest BCUT2D eigenvalue weighted by atomic mass is 16.5. The van der Waals surface area contributed by atoms with Crippen LogP contribution in [0.5, 0.6) is 0 Å². The third kappa shape index (κ3) is 4.67. The summed E-state index contributed by atoms with van der Waals surface area (Å²) in [5.41, 5.74) is 1.54. The van der Waals surface area contributed by atoms with E-state index < -0.39 is 0 Å². The highest BCUT2D eigenvalue weighted by molar-refractivity contribution is 5.23. The number of aryl methyl sites for hydroxylation is 1. The van der Waals surface area contributed by atoms with Crippen molar-refractivity contribution >= 4 is 0 Å². The molecule has 0 radical (unpaired) electrons. The lowest BCUT2D eigenvalue weighted by Crippen LogP contribution is -2.34. The maximum absolute atomic E-state index is 4.97. The van der Waals surface area contributed by atoms with Gasteiger partial charge in [0, 0.05) is 25.9 Å². The summed E-state index contributed by atoms with van der Waals surface area (Å²) in [5, 5.41) is 7.45. The van der Waals surface area contributed by atoms with Gasteiger partial charge in [-0.05, 0) is 24.3 Å². The Bertz CT molecular complexity index is 548. The van der Waals surface area contributed by atoms with E-state index in [1.54, 1.807) is 0 Å². The van der Waals surface area contributed by atoms with Crippen molar-refractivity contribution in [1.82, 2.24) is 15.5 Å². The Morgan fingerprint density at radius 2 is 1.95 bits per heavy atom. The van der Waals surface area contributed by atoms with Crippen LogP contribution in [0.3, 0.4) is 0 Å². The average Bonchev–Trinajstić information content (AvgIpc) is 2.85. The Kier molecular flexibility index (Phi) is 5.12. The number of hydrogen-bond acceptors (Lipinski definition) is 4. The minimum atomic E-state index is 0.163. The summed E-state index contributed by atoms with van der Waals surface area (Å²) < 4.78 is 4.97. The van der Waals surface area contributed by atoms with E-state index in [0.29, 0.717) is 11.9 Å². The van der Waals surface area contributed by atoms with Crippen LogP contribution in [0.1, 0.15) is 44.5 Å². The van der Waals surface area contributed by atoms with E-state index in [4.69, 9.17) is 4.52 Å². The topological polar surface area (TPSA) is 51.0 Å². The molecule has 1 N–H and O–H groups in total. The maximum Gasteiger partial charge on any atom is 0.223 e. The summed E-state index contributed by atoms with van der Waals surface area (Å²) in [5.74, 6) is 1.40. The fourth-order valence-electron chi connectivity index (χ4n) is 2.72. The molecule has 1 unspecified atom stereocenters. The zero-order valence-corrected chi connectivity index (χ0v) is 13.4. The molecule has 2 rings (SSSR count). The summed E-state index contributed by atoms with van der Waals surface area (Å²) in [6.07, 6.45) is 1.88. The lowest BCUT2D eigenvalue weighted by atomic mass is 9.79. The second-order valence-corrected chi connectivity index (χ2v) is 6.29. The minimum absolute atomic E-state index is 0.163. The summed E-state index contributed by atoms with van der Waals surface area (Å²) in [4.78, 5) is 4.21. The second kappa shape index (κ2) is 6.85. The molecule has 0 spiro atoms. The Morgan fingerprint density at radius 3 is 2.57 bits per heavy atom. The Labute approximate surface area is 127 Å². The predicted molar refractivity (Wildman–Crippen MR) is 84.3 cm³/mol. The zero-order chi connectivity index (χ0) is 15.3. The number of aromatic nitrogens is 2. The fraction of sp³-hybridized carbons (Fsp3) is 0.529. The van der Waals surface area contributed by atoms with Gasteiger partial charge in [-0.2, -0.15) is 4.98 Å². The summed E-state index contributed by atoms with van der Waals surface area (Å²) >= 11 is 0. The van der Waals surface area contributed by atoms with Gasteiger partial charge in [0.25, 0.3) is 0 Å². The molecule has 0 saturated carbocycles. The van der Waals surface area contributed by atoms with Crippen LogP contribution in [0, 0.1) is 6.92 Å². The van der Waals surface area contributed by atoms with Crippen LogP contribution in [0.2, 0.25) is 0 Å². The second-order valence-electron chi connectivity index (χ2n) is 6.29. The molecule has 114 valence electrons. The molecule has 0 aliphatic rings. The Morgan fingerprint density at radius 1 is 1.24 bits per heavy atom. The molecule has 0 bridgehead atoms. The average molecular weight is 287 g/mol. The SMILES string of the molecule is Cc1nc(CCNC(C)CC(C)(C)c2ccccc2)no1. The van der Waals surface area contributed by atoms with Gasteiger partial charge >= 0.3 is 0 Å². The monoisotopic (exact) mass is 287 g/mol. The van der Waals surface area contributed by atoms with Gasteiger partial charge in [0.05, 0.1) is 0 Å². The summed E-state index contributed by atoms with van der Waals surface area (Å²) in [6, 6.07) is 11.1. The Balaban J connectivity index is 1.80. The molecule has 2 aromatic rings. The first kappa shape index (κ1) is 15.7. The van der Waals surface area contributed by atoms with Crippen LogP contribution in [0.25, 0.3) is 0 Å². The van der Waals surface area contributed by atoms with E-state index in [0.717, 1.165) is 25.2 Å². The normalized spacial score (nSPS) is 13.3. The van der Waals surface area contributed by atoms with E-state index in [2.05, 4.69) is 66.6 Å². The van der Waals surface area contributed by atoms with Gasteiger partial charge in [-0.15, -0.1) is 0 Å². The van der Waals surface area contributed by atoms with Crippen molar-refractivity contribution in [2.75, 3.05) is 6.54 Å². The van der Waals surface area contributed by atoms with Gasteiger partial charge in [0.15, 0.2) is 5.82 Å². The molecular weight excluding hydrogens is 262 g/mol. The number of rotatable bonds is 7. The first-order valence-corrected chi connectivity index (χ1v) is 7.55. The molecule has 1 aromatic carbocycles. The number of nitrogens with one attached hydrogen (secondary N) is 1. The van der Waals surface area contributed by atoms with E-state index >= 15 is 0 Å². The van der Waals surface area contributed by atoms with Gasteiger partial charge in [0.1, 0.15) is 0 Å². The van der Waals surface area contributed by atoms with Crippen molar-refractivity contribution in [3.05, 3.63) is 47.6 Å². The smallest absolute Gasteiger partial charge is 0.223 e. The fourth-order valence-corrected chi connectivity index (χ4v) is 2.72.